The molecule has 0 aliphatic rings. The second-order valence-electron chi connectivity index (χ2n) is 6.31. The molecule has 2 N–H and O–H groups in total. The predicted octanol–water partition coefficient (Wildman–Crippen LogP) is 4.15. The summed E-state index contributed by atoms with van der Waals surface area (Å²) in [7, 11) is 0. The van der Waals surface area contributed by atoms with Gasteiger partial charge in [-0.15, -0.1) is 0 Å². The lowest BCUT2D eigenvalue weighted by Crippen LogP contribution is -2.25. The Labute approximate surface area is 159 Å². The molecule has 0 bridgehead atoms. The number of anilines is 2. The van der Waals surface area contributed by atoms with Crippen LogP contribution in [0.15, 0.2) is 67.0 Å². The van der Waals surface area contributed by atoms with E-state index in [4.69, 9.17) is 0 Å². The molecule has 0 radical (unpaired) electrons. The minimum Gasteiger partial charge on any atom is -0.351 e. The first-order valence-electron chi connectivity index (χ1n) is 9.24. The van der Waals surface area contributed by atoms with Crippen molar-refractivity contribution in [1.29, 1.82) is 0 Å². The van der Waals surface area contributed by atoms with Gasteiger partial charge in [0.2, 0.25) is 0 Å². The number of amides is 1. The van der Waals surface area contributed by atoms with Gasteiger partial charge in [-0.2, -0.15) is 0 Å². The molecule has 0 atom stereocenters. The zero-order valence-electron chi connectivity index (χ0n) is 15.5. The summed E-state index contributed by atoms with van der Waals surface area (Å²) in [5, 5.41) is 6.08. The van der Waals surface area contributed by atoms with E-state index in [1.807, 2.05) is 30.3 Å². The Bertz CT molecular complexity index is 846. The molecule has 1 aromatic heterocycles. The predicted molar refractivity (Wildman–Crippen MR) is 108 cm³/mol. The van der Waals surface area contributed by atoms with E-state index in [0.29, 0.717) is 18.1 Å². The van der Waals surface area contributed by atoms with Crippen LogP contribution < -0.4 is 10.6 Å². The summed E-state index contributed by atoms with van der Waals surface area (Å²) < 4.78 is 0. The minimum absolute atomic E-state index is 0.200. The van der Waals surface area contributed by atoms with E-state index in [1.54, 1.807) is 6.20 Å². The van der Waals surface area contributed by atoms with Gasteiger partial charge in [0.1, 0.15) is 11.5 Å². The highest BCUT2D eigenvalue weighted by molar-refractivity contribution is 5.92. The van der Waals surface area contributed by atoms with Gasteiger partial charge in [-0.25, -0.2) is 9.97 Å². The van der Waals surface area contributed by atoms with Gasteiger partial charge in [0.25, 0.3) is 5.91 Å². The number of benzene rings is 2. The average molecular weight is 360 g/mol. The zero-order chi connectivity index (χ0) is 18.9. The molecule has 0 unspecified atom stereocenters. The molecule has 0 saturated carbocycles. The first kappa shape index (κ1) is 18.6. The van der Waals surface area contributed by atoms with E-state index in [-0.39, 0.29) is 5.91 Å². The van der Waals surface area contributed by atoms with Crippen LogP contribution in [0.5, 0.6) is 0 Å². The first-order valence-corrected chi connectivity index (χ1v) is 9.24. The Kier molecular flexibility index (Phi) is 6.52. The van der Waals surface area contributed by atoms with Crippen molar-refractivity contribution in [3.63, 3.8) is 0 Å². The van der Waals surface area contributed by atoms with Crippen molar-refractivity contribution in [3.8, 4) is 0 Å². The van der Waals surface area contributed by atoms with Crippen LogP contribution in [0.4, 0.5) is 11.5 Å². The summed E-state index contributed by atoms with van der Waals surface area (Å²) in [6.45, 7) is 2.73. The third-order valence-corrected chi connectivity index (χ3v) is 4.29. The fourth-order valence-electron chi connectivity index (χ4n) is 2.71. The number of aryl methyl sites for hydroxylation is 2. The van der Waals surface area contributed by atoms with Crippen LogP contribution in [0.2, 0.25) is 0 Å². The van der Waals surface area contributed by atoms with Gasteiger partial charge in [0.05, 0.1) is 12.4 Å². The lowest BCUT2D eigenvalue weighted by Gasteiger charge is -2.07. The molecule has 0 aliphatic carbocycles. The fourth-order valence-corrected chi connectivity index (χ4v) is 2.71. The van der Waals surface area contributed by atoms with E-state index >= 15 is 0 Å². The van der Waals surface area contributed by atoms with Gasteiger partial charge in [0.15, 0.2) is 0 Å². The number of aromatic nitrogens is 2. The first-order chi connectivity index (χ1) is 13.2. The summed E-state index contributed by atoms with van der Waals surface area (Å²) in [5.74, 6) is 0.411. The Hall–Kier alpha value is -3.21. The van der Waals surface area contributed by atoms with Crippen molar-refractivity contribution < 1.29 is 4.79 Å². The molecule has 27 heavy (non-hydrogen) atoms. The quantitative estimate of drug-likeness (QED) is 0.592. The van der Waals surface area contributed by atoms with E-state index in [2.05, 4.69) is 51.8 Å². The molecule has 0 aliphatic heterocycles. The van der Waals surface area contributed by atoms with Crippen molar-refractivity contribution >= 4 is 17.4 Å². The lowest BCUT2D eigenvalue weighted by molar-refractivity contribution is 0.0948. The highest BCUT2D eigenvalue weighted by Crippen LogP contribution is 2.15. The smallest absolute Gasteiger partial charge is 0.271 e. The van der Waals surface area contributed by atoms with Crippen LogP contribution in [-0.2, 0) is 12.8 Å². The fraction of sp³-hybridized carbons (Fsp3) is 0.227. The summed E-state index contributed by atoms with van der Waals surface area (Å²) in [4.78, 5) is 20.6. The normalized spacial score (nSPS) is 10.4. The molecule has 3 rings (SSSR count). The molecule has 5 heteroatoms. The summed E-state index contributed by atoms with van der Waals surface area (Å²) in [6.07, 6.45) is 5.90. The molecule has 0 saturated heterocycles. The van der Waals surface area contributed by atoms with Crippen LogP contribution in [0.25, 0.3) is 0 Å². The van der Waals surface area contributed by atoms with Gasteiger partial charge in [-0.05, 0) is 42.5 Å². The molecule has 2 aromatic carbocycles. The number of carbonyl (C=O) groups excluding carboxylic acids is 1. The third kappa shape index (κ3) is 5.64. The Balaban J connectivity index is 1.46. The number of carbonyl (C=O) groups is 1. The van der Waals surface area contributed by atoms with E-state index in [9.17, 15) is 4.79 Å². The molecule has 0 fully saturated rings. The maximum atomic E-state index is 12.2. The van der Waals surface area contributed by atoms with Gasteiger partial charge >= 0.3 is 0 Å². The highest BCUT2D eigenvalue weighted by atomic mass is 16.1. The van der Waals surface area contributed by atoms with E-state index in [0.717, 1.165) is 24.9 Å². The van der Waals surface area contributed by atoms with Crippen molar-refractivity contribution in [2.24, 2.45) is 0 Å². The summed E-state index contributed by atoms with van der Waals surface area (Å²) >= 11 is 0. The Morgan fingerprint density at radius 3 is 2.37 bits per heavy atom. The molecule has 1 heterocycles. The molecular weight excluding hydrogens is 336 g/mol. The van der Waals surface area contributed by atoms with Gasteiger partial charge in [0, 0.05) is 12.2 Å². The Morgan fingerprint density at radius 1 is 0.926 bits per heavy atom. The van der Waals surface area contributed by atoms with Crippen LogP contribution >= 0.6 is 0 Å². The maximum Gasteiger partial charge on any atom is 0.271 e. The maximum absolute atomic E-state index is 12.2. The lowest BCUT2D eigenvalue weighted by atomic mass is 10.1. The number of rotatable bonds is 8. The number of nitrogens with one attached hydrogen (secondary N) is 2. The average Bonchev–Trinajstić information content (AvgIpc) is 2.73. The monoisotopic (exact) mass is 360 g/mol. The van der Waals surface area contributed by atoms with Crippen molar-refractivity contribution in [2.45, 2.75) is 26.2 Å². The molecule has 138 valence electrons. The van der Waals surface area contributed by atoms with Gasteiger partial charge in [-0.3, -0.25) is 4.79 Å². The van der Waals surface area contributed by atoms with Crippen LogP contribution in [0.1, 0.15) is 35.0 Å². The van der Waals surface area contributed by atoms with Crippen molar-refractivity contribution in [2.75, 3.05) is 11.9 Å². The van der Waals surface area contributed by atoms with Crippen molar-refractivity contribution in [1.82, 2.24) is 15.3 Å². The van der Waals surface area contributed by atoms with Crippen molar-refractivity contribution in [3.05, 3.63) is 83.8 Å². The largest absolute Gasteiger partial charge is 0.351 e. The van der Waals surface area contributed by atoms with Crippen LogP contribution in [-0.4, -0.2) is 22.4 Å². The molecule has 5 nitrogen and oxygen atoms in total. The SMILES string of the molecule is CCc1ccc(Nc2cnc(C(=O)NCCCc3ccccc3)cn2)cc1. The molecule has 3 aromatic rings. The zero-order valence-corrected chi connectivity index (χ0v) is 15.5. The van der Waals surface area contributed by atoms with E-state index < -0.39 is 0 Å². The number of nitrogens with zero attached hydrogens (tertiary/aromatic N) is 2. The second kappa shape index (κ2) is 9.48. The minimum atomic E-state index is -0.200. The molecular formula is C22H24N4O. The van der Waals surface area contributed by atoms with Gasteiger partial charge < -0.3 is 10.6 Å². The number of hydrogen-bond donors (Lipinski definition) is 2. The second-order valence-corrected chi connectivity index (χ2v) is 6.31. The topological polar surface area (TPSA) is 66.9 Å². The van der Waals surface area contributed by atoms with Crippen LogP contribution in [0.3, 0.4) is 0 Å². The van der Waals surface area contributed by atoms with E-state index in [1.165, 1.54) is 17.3 Å². The number of hydrogen-bond acceptors (Lipinski definition) is 4. The highest BCUT2D eigenvalue weighted by Gasteiger charge is 2.07. The Morgan fingerprint density at radius 2 is 1.70 bits per heavy atom. The standard InChI is InChI=1S/C22H24N4O/c1-2-17-10-12-19(13-11-17)26-21-16-24-20(15-25-21)22(27)23-14-6-9-18-7-4-3-5-8-18/h3-5,7-8,10-13,15-16H,2,6,9,14H2,1H3,(H,23,27)(H,25,26). The molecule has 0 spiro atoms. The van der Waals surface area contributed by atoms with Crippen LogP contribution in [0, 0.1) is 0 Å². The summed E-state index contributed by atoms with van der Waals surface area (Å²) in [6, 6.07) is 18.4. The summed E-state index contributed by atoms with van der Waals surface area (Å²) in [5.41, 5.74) is 3.82. The molecule has 1 amide bonds. The third-order valence-electron chi connectivity index (χ3n) is 4.29. The van der Waals surface area contributed by atoms with Gasteiger partial charge in [-0.1, -0.05) is 49.4 Å².